The third-order valence-corrected chi connectivity index (χ3v) is 2.58. The van der Waals surface area contributed by atoms with Crippen LogP contribution in [0.2, 0.25) is 0 Å². The maximum absolute atomic E-state index is 12.1. The van der Waals surface area contributed by atoms with Crippen LogP contribution in [-0.2, 0) is 0 Å². The molecule has 0 radical (unpaired) electrons. The van der Waals surface area contributed by atoms with Crippen molar-refractivity contribution in [1.82, 2.24) is 4.90 Å². The minimum atomic E-state index is -0.0476. The molecule has 1 aromatic carbocycles. The van der Waals surface area contributed by atoms with Gasteiger partial charge in [-0.15, -0.1) is 0 Å². The fourth-order valence-corrected chi connectivity index (χ4v) is 1.59. The fourth-order valence-electron chi connectivity index (χ4n) is 1.59. The molecule has 5 heteroatoms. The number of methoxy groups -OCH3 is 1. The van der Waals surface area contributed by atoms with E-state index < -0.39 is 0 Å². The highest BCUT2D eigenvalue weighted by Gasteiger charge is 2.16. The molecule has 0 aromatic heterocycles. The van der Waals surface area contributed by atoms with Crippen LogP contribution in [0.1, 0.15) is 6.42 Å². The van der Waals surface area contributed by atoms with Gasteiger partial charge in [-0.1, -0.05) is 0 Å². The Kier molecular flexibility index (Phi) is 5.45. The molecule has 0 aliphatic rings. The van der Waals surface area contributed by atoms with Crippen LogP contribution in [0.5, 0.6) is 5.75 Å². The molecule has 2 amide bonds. The van der Waals surface area contributed by atoms with E-state index in [1.54, 1.807) is 31.0 Å². The van der Waals surface area contributed by atoms with E-state index in [2.05, 4.69) is 0 Å². The summed E-state index contributed by atoms with van der Waals surface area (Å²) in [4.78, 5) is 15.4. The van der Waals surface area contributed by atoms with E-state index in [0.29, 0.717) is 13.1 Å². The SMILES string of the molecule is COc1ccc(N(CCCN)C(=O)N(C)C)cc1. The van der Waals surface area contributed by atoms with Gasteiger partial charge >= 0.3 is 6.03 Å². The zero-order valence-corrected chi connectivity index (χ0v) is 11.2. The minimum absolute atomic E-state index is 0.0476. The molecule has 0 saturated heterocycles. The number of rotatable bonds is 5. The number of urea groups is 1. The quantitative estimate of drug-likeness (QED) is 0.863. The van der Waals surface area contributed by atoms with Gasteiger partial charge in [0.05, 0.1) is 7.11 Å². The first-order valence-electron chi connectivity index (χ1n) is 5.93. The Morgan fingerprint density at radius 3 is 2.33 bits per heavy atom. The zero-order chi connectivity index (χ0) is 13.5. The summed E-state index contributed by atoms with van der Waals surface area (Å²) in [5, 5.41) is 0. The topological polar surface area (TPSA) is 58.8 Å². The van der Waals surface area contributed by atoms with Gasteiger partial charge in [0.1, 0.15) is 5.75 Å². The van der Waals surface area contributed by atoms with Crippen molar-refractivity contribution in [2.75, 3.05) is 39.2 Å². The van der Waals surface area contributed by atoms with Crippen molar-refractivity contribution in [2.45, 2.75) is 6.42 Å². The predicted octanol–water partition coefficient (Wildman–Crippen LogP) is 1.53. The van der Waals surface area contributed by atoms with Crippen molar-refractivity contribution in [2.24, 2.45) is 5.73 Å². The van der Waals surface area contributed by atoms with Crippen LogP contribution in [0.15, 0.2) is 24.3 Å². The summed E-state index contributed by atoms with van der Waals surface area (Å²) in [6.07, 6.45) is 0.769. The van der Waals surface area contributed by atoms with Crippen LogP contribution >= 0.6 is 0 Å². The van der Waals surface area contributed by atoms with E-state index in [1.165, 1.54) is 0 Å². The van der Waals surface area contributed by atoms with Crippen LogP contribution in [0.25, 0.3) is 0 Å². The molecule has 0 saturated carbocycles. The molecule has 0 atom stereocenters. The third-order valence-electron chi connectivity index (χ3n) is 2.58. The van der Waals surface area contributed by atoms with Crippen molar-refractivity contribution < 1.29 is 9.53 Å². The molecule has 0 fully saturated rings. The van der Waals surface area contributed by atoms with Crippen LogP contribution < -0.4 is 15.4 Å². The number of benzene rings is 1. The second-order valence-electron chi connectivity index (χ2n) is 4.17. The number of ether oxygens (including phenoxy) is 1. The van der Waals surface area contributed by atoms with Gasteiger partial charge < -0.3 is 15.4 Å². The van der Waals surface area contributed by atoms with Crippen molar-refractivity contribution in [3.8, 4) is 5.75 Å². The van der Waals surface area contributed by atoms with Crippen LogP contribution in [-0.4, -0.2) is 45.2 Å². The Balaban J connectivity index is 2.89. The summed E-state index contributed by atoms with van der Waals surface area (Å²) >= 11 is 0. The Bertz CT molecular complexity index is 376. The summed E-state index contributed by atoms with van der Waals surface area (Å²) in [5.74, 6) is 0.773. The smallest absolute Gasteiger partial charge is 0.323 e. The lowest BCUT2D eigenvalue weighted by molar-refractivity contribution is 0.223. The lowest BCUT2D eigenvalue weighted by Crippen LogP contribution is -2.40. The van der Waals surface area contributed by atoms with Crippen molar-refractivity contribution in [3.63, 3.8) is 0 Å². The lowest BCUT2D eigenvalue weighted by Gasteiger charge is -2.26. The summed E-state index contributed by atoms with van der Waals surface area (Å²) in [5.41, 5.74) is 6.36. The molecular formula is C13H21N3O2. The Hall–Kier alpha value is -1.75. The molecule has 0 heterocycles. The van der Waals surface area contributed by atoms with Crippen molar-refractivity contribution in [3.05, 3.63) is 24.3 Å². The molecule has 18 heavy (non-hydrogen) atoms. The third kappa shape index (κ3) is 3.63. The summed E-state index contributed by atoms with van der Waals surface area (Å²) in [6.45, 7) is 1.17. The van der Waals surface area contributed by atoms with Crippen LogP contribution in [0, 0.1) is 0 Å². The maximum atomic E-state index is 12.1. The molecule has 0 spiro atoms. The van der Waals surface area contributed by atoms with E-state index in [0.717, 1.165) is 17.9 Å². The van der Waals surface area contributed by atoms with Crippen molar-refractivity contribution in [1.29, 1.82) is 0 Å². The molecule has 100 valence electrons. The largest absolute Gasteiger partial charge is 0.497 e. The van der Waals surface area contributed by atoms with Gasteiger partial charge in [-0.05, 0) is 37.2 Å². The number of hydrogen-bond donors (Lipinski definition) is 1. The van der Waals surface area contributed by atoms with Gasteiger partial charge in [-0.2, -0.15) is 0 Å². The number of anilines is 1. The fraction of sp³-hybridized carbons (Fsp3) is 0.462. The zero-order valence-electron chi connectivity index (χ0n) is 11.2. The van der Waals surface area contributed by atoms with Crippen LogP contribution in [0.3, 0.4) is 0 Å². The number of carbonyl (C=O) groups excluding carboxylic acids is 1. The second kappa shape index (κ2) is 6.86. The molecule has 1 aromatic rings. The summed E-state index contributed by atoms with van der Waals surface area (Å²) < 4.78 is 5.10. The van der Waals surface area contributed by atoms with E-state index in [9.17, 15) is 4.79 Å². The van der Waals surface area contributed by atoms with E-state index in [4.69, 9.17) is 10.5 Å². The summed E-state index contributed by atoms with van der Waals surface area (Å²) in [7, 11) is 5.09. The average Bonchev–Trinajstić information content (AvgIpc) is 2.39. The number of hydrogen-bond acceptors (Lipinski definition) is 3. The van der Waals surface area contributed by atoms with Crippen LogP contribution in [0.4, 0.5) is 10.5 Å². The molecular weight excluding hydrogens is 230 g/mol. The number of nitrogens with zero attached hydrogens (tertiary/aromatic N) is 2. The standard InChI is InChI=1S/C13H21N3O2/c1-15(2)13(17)16(10-4-9-14)11-5-7-12(18-3)8-6-11/h5-8H,4,9-10,14H2,1-3H3. The Morgan fingerprint density at radius 2 is 1.89 bits per heavy atom. The van der Waals surface area contributed by atoms with Gasteiger partial charge in [0, 0.05) is 26.3 Å². The molecule has 0 aliphatic carbocycles. The highest BCUT2D eigenvalue weighted by molar-refractivity contribution is 5.91. The molecule has 0 bridgehead atoms. The van der Waals surface area contributed by atoms with Gasteiger partial charge in [0.2, 0.25) is 0 Å². The predicted molar refractivity (Wildman–Crippen MR) is 73.1 cm³/mol. The van der Waals surface area contributed by atoms with Crippen molar-refractivity contribution >= 4 is 11.7 Å². The Labute approximate surface area is 108 Å². The van der Waals surface area contributed by atoms with Gasteiger partial charge in [-0.3, -0.25) is 4.90 Å². The van der Waals surface area contributed by atoms with Gasteiger partial charge in [0.25, 0.3) is 0 Å². The first kappa shape index (κ1) is 14.3. The first-order valence-corrected chi connectivity index (χ1v) is 5.93. The summed E-state index contributed by atoms with van der Waals surface area (Å²) in [6, 6.07) is 7.38. The van der Waals surface area contributed by atoms with E-state index in [-0.39, 0.29) is 6.03 Å². The van der Waals surface area contributed by atoms with E-state index in [1.807, 2.05) is 24.3 Å². The number of amides is 2. The average molecular weight is 251 g/mol. The molecule has 5 nitrogen and oxygen atoms in total. The minimum Gasteiger partial charge on any atom is -0.497 e. The second-order valence-corrected chi connectivity index (χ2v) is 4.17. The molecule has 1 rings (SSSR count). The lowest BCUT2D eigenvalue weighted by atomic mass is 10.2. The molecule has 2 N–H and O–H groups in total. The van der Waals surface area contributed by atoms with E-state index >= 15 is 0 Å². The number of nitrogens with two attached hydrogens (primary N) is 1. The molecule has 0 aliphatic heterocycles. The monoisotopic (exact) mass is 251 g/mol. The maximum Gasteiger partial charge on any atom is 0.323 e. The first-order chi connectivity index (χ1) is 8.60. The molecule has 0 unspecified atom stereocenters. The Morgan fingerprint density at radius 1 is 1.28 bits per heavy atom. The van der Waals surface area contributed by atoms with Gasteiger partial charge in [0.15, 0.2) is 0 Å². The highest BCUT2D eigenvalue weighted by atomic mass is 16.5. The normalized spacial score (nSPS) is 10.0. The van der Waals surface area contributed by atoms with Gasteiger partial charge in [-0.25, -0.2) is 4.79 Å². The highest BCUT2D eigenvalue weighted by Crippen LogP contribution is 2.20. The number of carbonyl (C=O) groups is 1.